The van der Waals surface area contributed by atoms with Crippen molar-refractivity contribution >= 4 is 5.91 Å². The monoisotopic (exact) mass is 204 g/mol. The minimum Gasteiger partial charge on any atom is -0.392 e. The van der Waals surface area contributed by atoms with Crippen LogP contribution in [0.1, 0.15) is 18.2 Å². The van der Waals surface area contributed by atoms with Crippen molar-refractivity contribution in [2.24, 2.45) is 0 Å². The number of hydrogen-bond donors (Lipinski definition) is 2. The number of hydrogen-bond acceptors (Lipinski definition) is 3. The molecule has 1 aromatic rings. The summed E-state index contributed by atoms with van der Waals surface area (Å²) in [5.41, 5.74) is 1.36. The van der Waals surface area contributed by atoms with Crippen LogP contribution in [0.5, 0.6) is 0 Å². The minimum atomic E-state index is -0.110. The quantitative estimate of drug-likeness (QED) is 0.670. The number of aromatic nitrogens is 1. The van der Waals surface area contributed by atoms with E-state index in [0.29, 0.717) is 12.2 Å². The molecular weight excluding hydrogens is 192 g/mol. The standard InChI is InChI=1S/C11H12N2O2/c1-9(15)12-5-2-3-11-7-10(8-14)4-6-13-11/h4,6-7,14H,5,8H2,1H3,(H,12,15). The van der Waals surface area contributed by atoms with Gasteiger partial charge in [-0.1, -0.05) is 5.92 Å². The zero-order chi connectivity index (χ0) is 11.1. The van der Waals surface area contributed by atoms with Gasteiger partial charge in [-0.05, 0) is 23.6 Å². The Labute approximate surface area is 88.3 Å². The first-order valence-corrected chi connectivity index (χ1v) is 4.51. The summed E-state index contributed by atoms with van der Waals surface area (Å²) in [6.45, 7) is 1.72. The summed E-state index contributed by atoms with van der Waals surface area (Å²) < 4.78 is 0. The molecular formula is C11H12N2O2. The van der Waals surface area contributed by atoms with Crippen molar-refractivity contribution in [3.63, 3.8) is 0 Å². The molecule has 15 heavy (non-hydrogen) atoms. The molecule has 1 amide bonds. The van der Waals surface area contributed by atoms with Crippen LogP contribution >= 0.6 is 0 Å². The molecule has 0 unspecified atom stereocenters. The van der Waals surface area contributed by atoms with Gasteiger partial charge in [0.1, 0.15) is 5.69 Å². The van der Waals surface area contributed by atoms with Crippen LogP contribution in [0.25, 0.3) is 0 Å². The first-order chi connectivity index (χ1) is 7.22. The maximum atomic E-state index is 10.5. The first-order valence-electron chi connectivity index (χ1n) is 4.51. The minimum absolute atomic E-state index is 0.0249. The van der Waals surface area contributed by atoms with Crippen LogP contribution in [0, 0.1) is 11.8 Å². The molecule has 0 saturated heterocycles. The second-order valence-electron chi connectivity index (χ2n) is 2.92. The van der Waals surface area contributed by atoms with E-state index in [2.05, 4.69) is 22.1 Å². The molecule has 1 rings (SSSR count). The fourth-order valence-corrected chi connectivity index (χ4v) is 0.944. The Morgan fingerprint density at radius 1 is 1.67 bits per heavy atom. The molecule has 1 heterocycles. The normalized spacial score (nSPS) is 8.93. The van der Waals surface area contributed by atoms with E-state index >= 15 is 0 Å². The van der Waals surface area contributed by atoms with Gasteiger partial charge < -0.3 is 10.4 Å². The van der Waals surface area contributed by atoms with Gasteiger partial charge in [0.15, 0.2) is 0 Å². The Morgan fingerprint density at radius 3 is 3.13 bits per heavy atom. The van der Waals surface area contributed by atoms with E-state index in [1.54, 1.807) is 18.3 Å². The smallest absolute Gasteiger partial charge is 0.217 e. The molecule has 0 aliphatic heterocycles. The average molecular weight is 204 g/mol. The number of pyridine rings is 1. The second-order valence-corrected chi connectivity index (χ2v) is 2.92. The van der Waals surface area contributed by atoms with Gasteiger partial charge >= 0.3 is 0 Å². The van der Waals surface area contributed by atoms with Crippen molar-refractivity contribution < 1.29 is 9.90 Å². The van der Waals surface area contributed by atoms with Crippen LogP contribution in [0.4, 0.5) is 0 Å². The zero-order valence-corrected chi connectivity index (χ0v) is 8.45. The molecule has 0 bridgehead atoms. The van der Waals surface area contributed by atoms with Crippen LogP contribution in [0.15, 0.2) is 18.3 Å². The SMILES string of the molecule is CC(=O)NCC#Cc1cc(CO)ccn1. The highest BCUT2D eigenvalue weighted by Gasteiger charge is 1.92. The van der Waals surface area contributed by atoms with E-state index in [-0.39, 0.29) is 12.5 Å². The van der Waals surface area contributed by atoms with Gasteiger partial charge in [0, 0.05) is 13.1 Å². The van der Waals surface area contributed by atoms with Crippen LogP contribution in [0.3, 0.4) is 0 Å². The largest absolute Gasteiger partial charge is 0.392 e. The third kappa shape index (κ3) is 4.25. The van der Waals surface area contributed by atoms with Gasteiger partial charge in [0.2, 0.25) is 5.91 Å². The summed E-state index contributed by atoms with van der Waals surface area (Å²) in [6, 6.07) is 3.43. The lowest BCUT2D eigenvalue weighted by atomic mass is 10.2. The molecule has 0 fully saturated rings. The molecule has 2 N–H and O–H groups in total. The zero-order valence-electron chi connectivity index (χ0n) is 8.45. The van der Waals surface area contributed by atoms with Gasteiger partial charge in [0.25, 0.3) is 0 Å². The van der Waals surface area contributed by atoms with E-state index < -0.39 is 0 Å². The number of rotatable bonds is 2. The Morgan fingerprint density at radius 2 is 2.47 bits per heavy atom. The van der Waals surface area contributed by atoms with E-state index in [1.165, 1.54) is 6.92 Å². The average Bonchev–Trinajstić information content (AvgIpc) is 2.24. The molecule has 1 aromatic heterocycles. The van der Waals surface area contributed by atoms with Gasteiger partial charge in [-0.3, -0.25) is 4.79 Å². The number of carbonyl (C=O) groups excluding carboxylic acids is 1. The summed E-state index contributed by atoms with van der Waals surface area (Å²) >= 11 is 0. The highest BCUT2D eigenvalue weighted by molar-refractivity contribution is 5.73. The van der Waals surface area contributed by atoms with Gasteiger partial charge in [-0.25, -0.2) is 4.98 Å². The molecule has 0 aliphatic carbocycles. The summed E-state index contributed by atoms with van der Waals surface area (Å²) in [7, 11) is 0. The van der Waals surface area contributed by atoms with Gasteiger partial charge in [0.05, 0.1) is 13.2 Å². The molecule has 4 heteroatoms. The third-order valence-electron chi connectivity index (χ3n) is 1.65. The number of nitrogens with one attached hydrogen (secondary N) is 1. The predicted octanol–water partition coefficient (Wildman–Crippen LogP) is 0.0615. The Hall–Kier alpha value is -1.86. The number of amides is 1. The van der Waals surface area contributed by atoms with Crippen LogP contribution < -0.4 is 5.32 Å². The fraction of sp³-hybridized carbons (Fsp3) is 0.273. The number of aliphatic hydroxyl groups excluding tert-OH is 1. The maximum Gasteiger partial charge on any atom is 0.217 e. The van der Waals surface area contributed by atoms with Crippen LogP contribution in [-0.4, -0.2) is 22.5 Å². The van der Waals surface area contributed by atoms with Crippen molar-refractivity contribution in [2.45, 2.75) is 13.5 Å². The van der Waals surface area contributed by atoms with E-state index in [0.717, 1.165) is 5.56 Å². The first kappa shape index (κ1) is 11.2. The number of nitrogens with zero attached hydrogens (tertiary/aromatic N) is 1. The fourth-order valence-electron chi connectivity index (χ4n) is 0.944. The third-order valence-corrected chi connectivity index (χ3v) is 1.65. The van der Waals surface area contributed by atoms with Gasteiger partial charge in [-0.2, -0.15) is 0 Å². The molecule has 78 valence electrons. The van der Waals surface area contributed by atoms with Crippen LogP contribution in [0.2, 0.25) is 0 Å². The molecule has 0 saturated carbocycles. The number of aliphatic hydroxyl groups is 1. The molecule has 0 spiro atoms. The topological polar surface area (TPSA) is 62.2 Å². The highest BCUT2D eigenvalue weighted by Crippen LogP contribution is 1.99. The Balaban J connectivity index is 2.59. The molecule has 0 atom stereocenters. The molecule has 0 aliphatic rings. The second kappa shape index (κ2) is 5.78. The van der Waals surface area contributed by atoms with E-state index in [1.807, 2.05) is 0 Å². The lowest BCUT2D eigenvalue weighted by Crippen LogP contribution is -2.19. The van der Waals surface area contributed by atoms with Crippen molar-refractivity contribution in [1.82, 2.24) is 10.3 Å². The molecule has 0 radical (unpaired) electrons. The predicted molar refractivity (Wildman–Crippen MR) is 55.7 cm³/mol. The van der Waals surface area contributed by atoms with Crippen molar-refractivity contribution in [3.8, 4) is 11.8 Å². The van der Waals surface area contributed by atoms with Gasteiger partial charge in [-0.15, -0.1) is 0 Å². The highest BCUT2D eigenvalue weighted by atomic mass is 16.3. The van der Waals surface area contributed by atoms with E-state index in [9.17, 15) is 4.79 Å². The maximum absolute atomic E-state index is 10.5. The molecule has 4 nitrogen and oxygen atoms in total. The molecule has 0 aromatic carbocycles. The summed E-state index contributed by atoms with van der Waals surface area (Å²) in [5.74, 6) is 5.44. The van der Waals surface area contributed by atoms with Crippen LogP contribution in [-0.2, 0) is 11.4 Å². The Kier molecular flexibility index (Phi) is 4.32. The van der Waals surface area contributed by atoms with E-state index in [4.69, 9.17) is 5.11 Å². The van der Waals surface area contributed by atoms with Crippen molar-refractivity contribution in [2.75, 3.05) is 6.54 Å². The lowest BCUT2D eigenvalue weighted by molar-refractivity contribution is -0.118. The van der Waals surface area contributed by atoms with Crippen molar-refractivity contribution in [1.29, 1.82) is 0 Å². The summed E-state index contributed by atoms with van der Waals surface area (Å²) in [5, 5.41) is 11.4. The number of carbonyl (C=O) groups is 1. The lowest BCUT2D eigenvalue weighted by Gasteiger charge is -1.95. The summed E-state index contributed by atoms with van der Waals surface area (Å²) in [6.07, 6.45) is 1.59. The Bertz CT molecular complexity index is 405. The van der Waals surface area contributed by atoms with Crippen molar-refractivity contribution in [3.05, 3.63) is 29.6 Å². The summed E-state index contributed by atoms with van der Waals surface area (Å²) in [4.78, 5) is 14.5.